The number of hydrogen-bond acceptors (Lipinski definition) is 4. The first-order chi connectivity index (χ1) is 9.79. The average molecular weight is 355 g/mol. The van der Waals surface area contributed by atoms with Gasteiger partial charge in [0, 0.05) is 36.8 Å². The summed E-state index contributed by atoms with van der Waals surface area (Å²) in [4.78, 5) is 20.8. The van der Waals surface area contributed by atoms with Crippen LogP contribution < -0.4 is 10.6 Å². The van der Waals surface area contributed by atoms with Crippen molar-refractivity contribution in [3.05, 3.63) is 22.8 Å². The van der Waals surface area contributed by atoms with Gasteiger partial charge >= 0.3 is 0 Å². The molecule has 1 amide bonds. The molecule has 1 aliphatic heterocycles. The van der Waals surface area contributed by atoms with Crippen molar-refractivity contribution in [2.45, 2.75) is 26.8 Å². The van der Waals surface area contributed by atoms with E-state index in [0.29, 0.717) is 13.1 Å². The van der Waals surface area contributed by atoms with Gasteiger partial charge < -0.3 is 15.5 Å². The second-order valence-corrected chi connectivity index (χ2v) is 7.41. The summed E-state index contributed by atoms with van der Waals surface area (Å²) in [5, 5.41) is 0. The number of nitrogens with zero attached hydrogens (tertiary/aromatic N) is 3. The molecule has 21 heavy (non-hydrogen) atoms. The van der Waals surface area contributed by atoms with Crippen LogP contribution in [0.2, 0.25) is 0 Å². The summed E-state index contributed by atoms with van der Waals surface area (Å²) in [5.74, 6) is 0.997. The summed E-state index contributed by atoms with van der Waals surface area (Å²) >= 11 is 3.38. The molecule has 0 aromatic carbocycles. The van der Waals surface area contributed by atoms with E-state index in [1.54, 1.807) is 6.20 Å². The third-order valence-electron chi connectivity index (χ3n) is 3.83. The summed E-state index contributed by atoms with van der Waals surface area (Å²) in [6.07, 6.45) is 1.79. The number of piperazine rings is 1. The maximum atomic E-state index is 12.4. The van der Waals surface area contributed by atoms with E-state index in [0.717, 1.165) is 23.4 Å². The molecule has 0 unspecified atom stereocenters. The number of aromatic nitrogens is 1. The van der Waals surface area contributed by atoms with Crippen LogP contribution >= 0.6 is 15.9 Å². The van der Waals surface area contributed by atoms with Crippen molar-refractivity contribution >= 4 is 27.7 Å². The molecule has 6 heteroatoms. The van der Waals surface area contributed by atoms with Gasteiger partial charge in [0.05, 0.1) is 6.04 Å². The molecule has 2 heterocycles. The molecule has 1 atom stereocenters. The average Bonchev–Trinajstić information content (AvgIpc) is 2.46. The zero-order valence-electron chi connectivity index (χ0n) is 12.8. The van der Waals surface area contributed by atoms with Gasteiger partial charge in [0.15, 0.2) is 0 Å². The molecule has 0 aliphatic carbocycles. The highest BCUT2D eigenvalue weighted by molar-refractivity contribution is 9.10. The highest BCUT2D eigenvalue weighted by atomic mass is 79.9. The molecule has 0 spiro atoms. The summed E-state index contributed by atoms with van der Waals surface area (Å²) < 4.78 is 0.969. The van der Waals surface area contributed by atoms with Crippen molar-refractivity contribution in [2.24, 2.45) is 11.1 Å². The Hall–Kier alpha value is -1.14. The van der Waals surface area contributed by atoms with Gasteiger partial charge in [0.25, 0.3) is 0 Å². The zero-order chi connectivity index (χ0) is 15.6. The van der Waals surface area contributed by atoms with Gasteiger partial charge in [0.2, 0.25) is 5.91 Å². The molecule has 1 aromatic rings. The van der Waals surface area contributed by atoms with Gasteiger partial charge in [-0.2, -0.15) is 0 Å². The fraction of sp³-hybridized carbons (Fsp3) is 0.600. The van der Waals surface area contributed by atoms with Crippen LogP contribution in [-0.2, 0) is 4.79 Å². The molecular formula is C15H23BrN4O. The van der Waals surface area contributed by atoms with Gasteiger partial charge in [-0.3, -0.25) is 4.79 Å². The van der Waals surface area contributed by atoms with E-state index in [2.05, 4.69) is 25.8 Å². The molecule has 1 fully saturated rings. The van der Waals surface area contributed by atoms with E-state index in [9.17, 15) is 4.79 Å². The Bertz CT molecular complexity index is 489. The van der Waals surface area contributed by atoms with E-state index in [4.69, 9.17) is 5.73 Å². The number of anilines is 1. The summed E-state index contributed by atoms with van der Waals surface area (Å²) in [6, 6.07) is 3.52. The van der Waals surface area contributed by atoms with Gasteiger partial charge in [0.1, 0.15) is 5.82 Å². The molecule has 116 valence electrons. The topological polar surface area (TPSA) is 62.5 Å². The minimum Gasteiger partial charge on any atom is -0.353 e. The highest BCUT2D eigenvalue weighted by Crippen LogP contribution is 2.21. The third-order valence-corrected chi connectivity index (χ3v) is 4.30. The standard InChI is InChI=1S/C15H23BrN4O/c1-15(2,3)13(17)14(21)20-8-6-19(7-9-20)12-5-4-11(16)10-18-12/h4-5,10,13H,6-9,17H2,1-3H3/t13-/m1/s1. The van der Waals surface area contributed by atoms with Crippen LogP contribution in [0.3, 0.4) is 0 Å². The number of nitrogens with two attached hydrogens (primary N) is 1. The number of halogens is 1. The lowest BCUT2D eigenvalue weighted by molar-refractivity contribution is -0.135. The fourth-order valence-corrected chi connectivity index (χ4v) is 2.51. The minimum absolute atomic E-state index is 0.0471. The van der Waals surface area contributed by atoms with Crippen LogP contribution in [-0.4, -0.2) is 48.0 Å². The molecule has 2 N–H and O–H groups in total. The molecule has 0 saturated carbocycles. The van der Waals surface area contributed by atoms with Crippen molar-refractivity contribution in [3.8, 4) is 0 Å². The number of carbonyl (C=O) groups is 1. The molecule has 1 saturated heterocycles. The van der Waals surface area contributed by atoms with Crippen LogP contribution in [0.5, 0.6) is 0 Å². The lowest BCUT2D eigenvalue weighted by Gasteiger charge is -2.38. The van der Waals surface area contributed by atoms with E-state index in [1.165, 1.54) is 0 Å². The second kappa shape index (κ2) is 6.32. The van der Waals surface area contributed by atoms with Crippen LogP contribution in [0.1, 0.15) is 20.8 Å². The Labute approximate surface area is 134 Å². The first-order valence-electron chi connectivity index (χ1n) is 7.20. The van der Waals surface area contributed by atoms with Crippen molar-refractivity contribution in [1.29, 1.82) is 0 Å². The Morgan fingerprint density at radius 1 is 1.29 bits per heavy atom. The van der Waals surface area contributed by atoms with Crippen molar-refractivity contribution in [3.63, 3.8) is 0 Å². The van der Waals surface area contributed by atoms with E-state index < -0.39 is 6.04 Å². The monoisotopic (exact) mass is 354 g/mol. The normalized spacial score (nSPS) is 17.8. The number of carbonyl (C=O) groups excluding carboxylic acids is 1. The van der Waals surface area contributed by atoms with Crippen molar-refractivity contribution in [1.82, 2.24) is 9.88 Å². The van der Waals surface area contributed by atoms with Gasteiger partial charge in [-0.25, -0.2) is 4.98 Å². The Kier molecular flexibility index (Phi) is 4.88. The van der Waals surface area contributed by atoms with Gasteiger partial charge in [-0.1, -0.05) is 20.8 Å². The van der Waals surface area contributed by atoms with E-state index in [-0.39, 0.29) is 11.3 Å². The quantitative estimate of drug-likeness (QED) is 0.880. The second-order valence-electron chi connectivity index (χ2n) is 6.49. The Morgan fingerprint density at radius 2 is 1.90 bits per heavy atom. The maximum Gasteiger partial charge on any atom is 0.240 e. The SMILES string of the molecule is CC(C)(C)[C@H](N)C(=O)N1CCN(c2ccc(Br)cn2)CC1. The summed E-state index contributed by atoms with van der Waals surface area (Å²) in [6.45, 7) is 8.96. The Morgan fingerprint density at radius 3 is 2.38 bits per heavy atom. The molecule has 0 radical (unpaired) electrons. The van der Waals surface area contributed by atoms with Crippen LogP contribution in [0.4, 0.5) is 5.82 Å². The summed E-state index contributed by atoms with van der Waals surface area (Å²) in [5.41, 5.74) is 5.86. The largest absolute Gasteiger partial charge is 0.353 e. The van der Waals surface area contributed by atoms with Crippen LogP contribution in [0.25, 0.3) is 0 Å². The van der Waals surface area contributed by atoms with Crippen LogP contribution in [0, 0.1) is 5.41 Å². The smallest absolute Gasteiger partial charge is 0.240 e. The number of pyridine rings is 1. The van der Waals surface area contributed by atoms with Crippen molar-refractivity contribution in [2.75, 3.05) is 31.1 Å². The zero-order valence-corrected chi connectivity index (χ0v) is 14.4. The van der Waals surface area contributed by atoms with Gasteiger partial charge in [-0.15, -0.1) is 0 Å². The molecular weight excluding hydrogens is 332 g/mol. The first-order valence-corrected chi connectivity index (χ1v) is 7.99. The third kappa shape index (κ3) is 3.95. The van der Waals surface area contributed by atoms with E-state index in [1.807, 2.05) is 37.8 Å². The maximum absolute atomic E-state index is 12.4. The lowest BCUT2D eigenvalue weighted by Crippen LogP contribution is -2.56. The predicted molar refractivity (Wildman–Crippen MR) is 88.2 cm³/mol. The van der Waals surface area contributed by atoms with Crippen LogP contribution in [0.15, 0.2) is 22.8 Å². The van der Waals surface area contributed by atoms with Crippen molar-refractivity contribution < 1.29 is 4.79 Å². The number of amides is 1. The number of rotatable bonds is 2. The summed E-state index contributed by atoms with van der Waals surface area (Å²) in [7, 11) is 0. The minimum atomic E-state index is -0.449. The molecule has 1 aromatic heterocycles. The van der Waals surface area contributed by atoms with Gasteiger partial charge in [-0.05, 0) is 33.5 Å². The molecule has 5 nitrogen and oxygen atoms in total. The molecule has 2 rings (SSSR count). The predicted octanol–water partition coefficient (Wildman–Crippen LogP) is 1.87. The lowest BCUT2D eigenvalue weighted by atomic mass is 9.86. The van der Waals surface area contributed by atoms with E-state index >= 15 is 0 Å². The first kappa shape index (κ1) is 16.2. The molecule has 0 bridgehead atoms. The Balaban J connectivity index is 1.94. The fourth-order valence-electron chi connectivity index (χ4n) is 2.28. The highest BCUT2D eigenvalue weighted by Gasteiger charge is 2.32. The molecule has 1 aliphatic rings. The number of hydrogen-bond donors (Lipinski definition) is 1.